The van der Waals surface area contributed by atoms with Crippen LogP contribution in [0.2, 0.25) is 0 Å². The van der Waals surface area contributed by atoms with Gasteiger partial charge in [-0.15, -0.1) is 0 Å². The van der Waals surface area contributed by atoms with Crippen LogP contribution in [-0.4, -0.2) is 65.0 Å². The average molecular weight is 477 g/mol. The van der Waals surface area contributed by atoms with E-state index in [-0.39, 0.29) is 11.7 Å². The Morgan fingerprint density at radius 2 is 1.74 bits per heavy atom. The summed E-state index contributed by atoms with van der Waals surface area (Å²) in [5.74, 6) is 1.46. The van der Waals surface area contributed by atoms with Crippen molar-refractivity contribution in [3.63, 3.8) is 0 Å². The molecule has 1 amide bonds. The molecule has 0 aromatic carbocycles. The summed E-state index contributed by atoms with van der Waals surface area (Å²) in [4.78, 5) is 28.6. The third kappa shape index (κ3) is 6.02. The standard InChI is InChI=1S/C24H31F3N6O/c1-23(2,3)22-30-19(24(25,26)27)13-20(31-22)33-10-8-32(9-11-33)15-18-12-17(18)14-29-21(34)16-4-6-28-7-5-16/h4-7,13,17-18H,8-12,14-15H2,1-3H3,(H,29,34). The van der Waals surface area contributed by atoms with Crippen LogP contribution in [0.5, 0.6) is 0 Å². The lowest BCUT2D eigenvalue weighted by Gasteiger charge is -2.36. The molecule has 1 aliphatic carbocycles. The Labute approximate surface area is 197 Å². The molecule has 2 aromatic rings. The molecule has 1 N–H and O–H groups in total. The summed E-state index contributed by atoms with van der Waals surface area (Å²) in [6, 6.07) is 4.45. The van der Waals surface area contributed by atoms with Crippen molar-refractivity contribution >= 4 is 11.7 Å². The zero-order valence-electron chi connectivity index (χ0n) is 19.8. The number of piperazine rings is 1. The van der Waals surface area contributed by atoms with Crippen molar-refractivity contribution in [3.05, 3.63) is 47.7 Å². The molecule has 7 nitrogen and oxygen atoms in total. The number of carbonyl (C=O) groups excluding carboxylic acids is 1. The second-order valence-corrected chi connectivity index (χ2v) is 10.2. The molecular formula is C24H31F3N6O. The van der Waals surface area contributed by atoms with Crippen LogP contribution in [0.25, 0.3) is 0 Å². The maximum Gasteiger partial charge on any atom is 0.433 e. The summed E-state index contributed by atoms with van der Waals surface area (Å²) in [6.07, 6.45) is -0.229. The van der Waals surface area contributed by atoms with Crippen LogP contribution >= 0.6 is 0 Å². The minimum Gasteiger partial charge on any atom is -0.354 e. The van der Waals surface area contributed by atoms with Crippen molar-refractivity contribution in [2.75, 3.05) is 44.2 Å². The summed E-state index contributed by atoms with van der Waals surface area (Å²) >= 11 is 0. The quantitative estimate of drug-likeness (QED) is 0.689. The minimum absolute atomic E-state index is 0.0839. The first-order chi connectivity index (χ1) is 16.0. The lowest BCUT2D eigenvalue weighted by Crippen LogP contribution is -2.47. The molecule has 2 unspecified atom stereocenters. The van der Waals surface area contributed by atoms with Gasteiger partial charge in [-0.2, -0.15) is 13.2 Å². The van der Waals surface area contributed by atoms with Gasteiger partial charge in [-0.25, -0.2) is 9.97 Å². The van der Waals surface area contributed by atoms with Crippen molar-refractivity contribution < 1.29 is 18.0 Å². The third-order valence-electron chi connectivity index (χ3n) is 6.40. The fourth-order valence-corrected chi connectivity index (χ4v) is 4.18. The Morgan fingerprint density at radius 1 is 1.06 bits per heavy atom. The van der Waals surface area contributed by atoms with Gasteiger partial charge in [0.25, 0.3) is 5.91 Å². The topological polar surface area (TPSA) is 74.2 Å². The Bertz CT molecular complexity index is 968. The molecule has 1 saturated heterocycles. The second-order valence-electron chi connectivity index (χ2n) is 10.2. The fraction of sp³-hybridized carbons (Fsp3) is 0.583. The van der Waals surface area contributed by atoms with Crippen molar-refractivity contribution in [1.82, 2.24) is 25.2 Å². The van der Waals surface area contributed by atoms with E-state index < -0.39 is 17.3 Å². The number of pyridine rings is 1. The smallest absolute Gasteiger partial charge is 0.354 e. The molecule has 4 rings (SSSR count). The van der Waals surface area contributed by atoms with E-state index in [9.17, 15) is 18.0 Å². The first-order valence-electron chi connectivity index (χ1n) is 11.6. The number of hydrogen-bond acceptors (Lipinski definition) is 6. The van der Waals surface area contributed by atoms with E-state index in [1.165, 1.54) is 0 Å². The molecule has 10 heteroatoms. The Balaban J connectivity index is 1.28. The number of anilines is 1. The molecule has 1 saturated carbocycles. The van der Waals surface area contributed by atoms with Gasteiger partial charge < -0.3 is 10.2 Å². The Kier molecular flexibility index (Phi) is 6.80. The summed E-state index contributed by atoms with van der Waals surface area (Å²) < 4.78 is 40.2. The molecule has 3 heterocycles. The van der Waals surface area contributed by atoms with Crippen LogP contribution in [0.1, 0.15) is 49.1 Å². The number of carbonyl (C=O) groups is 1. The normalized spacial score (nSPS) is 21.4. The first kappa shape index (κ1) is 24.4. The average Bonchev–Trinajstić information content (AvgIpc) is 3.54. The molecule has 2 atom stereocenters. The van der Waals surface area contributed by atoms with Crippen LogP contribution in [0.15, 0.2) is 30.6 Å². The molecule has 2 fully saturated rings. The van der Waals surface area contributed by atoms with Crippen LogP contribution in [0, 0.1) is 11.8 Å². The van der Waals surface area contributed by atoms with Crippen LogP contribution in [0.3, 0.4) is 0 Å². The van der Waals surface area contributed by atoms with E-state index in [1.807, 2.05) is 25.7 Å². The van der Waals surface area contributed by atoms with Gasteiger partial charge in [0.05, 0.1) is 0 Å². The number of nitrogens with one attached hydrogen (secondary N) is 1. The van der Waals surface area contributed by atoms with Gasteiger partial charge in [0, 0.05) is 68.7 Å². The van der Waals surface area contributed by atoms with Crippen molar-refractivity contribution in [2.24, 2.45) is 11.8 Å². The number of nitrogens with zero attached hydrogens (tertiary/aromatic N) is 5. The summed E-state index contributed by atoms with van der Waals surface area (Å²) in [5, 5.41) is 2.99. The van der Waals surface area contributed by atoms with Gasteiger partial charge in [0.15, 0.2) is 0 Å². The lowest BCUT2D eigenvalue weighted by atomic mass is 9.95. The summed E-state index contributed by atoms with van der Waals surface area (Å²) in [7, 11) is 0. The first-order valence-corrected chi connectivity index (χ1v) is 11.6. The van der Waals surface area contributed by atoms with Crippen molar-refractivity contribution in [3.8, 4) is 0 Å². The predicted octanol–water partition coefficient (Wildman–Crippen LogP) is 3.38. The Hall–Kier alpha value is -2.75. The minimum atomic E-state index is -4.51. The maximum absolute atomic E-state index is 13.4. The largest absolute Gasteiger partial charge is 0.433 e. The Morgan fingerprint density at radius 3 is 2.35 bits per heavy atom. The van der Waals surface area contributed by atoms with Crippen molar-refractivity contribution in [2.45, 2.75) is 38.8 Å². The zero-order chi connectivity index (χ0) is 24.5. The maximum atomic E-state index is 13.4. The van der Waals surface area contributed by atoms with Crippen LogP contribution in [-0.2, 0) is 11.6 Å². The van der Waals surface area contributed by atoms with E-state index in [1.54, 1.807) is 24.5 Å². The predicted molar refractivity (Wildman–Crippen MR) is 123 cm³/mol. The molecule has 2 aliphatic rings. The van der Waals surface area contributed by atoms with Gasteiger partial charge in [-0.3, -0.25) is 14.7 Å². The van der Waals surface area contributed by atoms with Gasteiger partial charge in [0.2, 0.25) is 0 Å². The zero-order valence-corrected chi connectivity index (χ0v) is 19.8. The highest BCUT2D eigenvalue weighted by Crippen LogP contribution is 2.39. The van der Waals surface area contributed by atoms with Crippen LogP contribution in [0.4, 0.5) is 19.0 Å². The molecule has 0 radical (unpaired) electrons. The highest BCUT2D eigenvalue weighted by Gasteiger charge is 2.39. The van der Waals surface area contributed by atoms with E-state index in [4.69, 9.17) is 0 Å². The van der Waals surface area contributed by atoms with E-state index in [0.717, 1.165) is 32.1 Å². The molecule has 0 bridgehead atoms. The van der Waals surface area contributed by atoms with E-state index >= 15 is 0 Å². The summed E-state index contributed by atoms with van der Waals surface area (Å²) in [5.41, 5.74) is -0.859. The number of rotatable bonds is 6. The van der Waals surface area contributed by atoms with Gasteiger partial charge in [-0.1, -0.05) is 20.8 Å². The molecule has 184 valence electrons. The molecule has 2 aromatic heterocycles. The SMILES string of the molecule is CC(C)(C)c1nc(N2CCN(CC3CC3CNC(=O)c3ccncc3)CC2)cc(C(F)(F)F)n1. The molecule has 0 spiro atoms. The molecule has 1 aliphatic heterocycles. The highest BCUT2D eigenvalue weighted by molar-refractivity contribution is 5.93. The lowest BCUT2D eigenvalue weighted by molar-refractivity contribution is -0.141. The number of halogens is 3. The third-order valence-corrected chi connectivity index (χ3v) is 6.40. The van der Waals surface area contributed by atoms with Crippen molar-refractivity contribution in [1.29, 1.82) is 0 Å². The highest BCUT2D eigenvalue weighted by atomic mass is 19.4. The van der Waals surface area contributed by atoms with Gasteiger partial charge in [-0.05, 0) is 30.4 Å². The number of hydrogen-bond donors (Lipinski definition) is 1. The second kappa shape index (κ2) is 9.48. The number of amides is 1. The number of aromatic nitrogens is 3. The summed E-state index contributed by atoms with van der Waals surface area (Å²) in [6.45, 7) is 9.81. The number of alkyl halides is 3. The van der Waals surface area contributed by atoms with Gasteiger partial charge in [0.1, 0.15) is 17.3 Å². The van der Waals surface area contributed by atoms with Gasteiger partial charge >= 0.3 is 6.18 Å². The van der Waals surface area contributed by atoms with Crippen LogP contribution < -0.4 is 10.2 Å². The van der Waals surface area contributed by atoms with E-state index in [2.05, 4.69) is 25.2 Å². The van der Waals surface area contributed by atoms with E-state index in [0.29, 0.717) is 42.9 Å². The molecular weight excluding hydrogens is 445 g/mol. The monoisotopic (exact) mass is 476 g/mol. The molecule has 34 heavy (non-hydrogen) atoms. The fourth-order valence-electron chi connectivity index (χ4n) is 4.18.